The Morgan fingerprint density at radius 3 is 2.38 bits per heavy atom. The number of para-hydroxylation sites is 1. The Morgan fingerprint density at radius 1 is 1.05 bits per heavy atom. The molecule has 0 aliphatic rings. The quantitative estimate of drug-likeness (QED) is 0.746. The van der Waals surface area contributed by atoms with Gasteiger partial charge >= 0.3 is 0 Å². The van der Waals surface area contributed by atoms with Crippen molar-refractivity contribution in [3.8, 4) is 16.9 Å². The molecule has 0 radical (unpaired) electrons. The highest BCUT2D eigenvalue weighted by Crippen LogP contribution is 2.27. The molecule has 3 aromatic rings. The maximum absolute atomic E-state index is 11.3. The Bertz CT molecular complexity index is 797. The van der Waals surface area contributed by atoms with Gasteiger partial charge < -0.3 is 9.90 Å². The van der Waals surface area contributed by atoms with E-state index in [-0.39, 0.29) is 5.69 Å². The van der Waals surface area contributed by atoms with Gasteiger partial charge in [-0.15, -0.1) is 0 Å². The van der Waals surface area contributed by atoms with Gasteiger partial charge in [0.05, 0.1) is 28.1 Å². The first-order valence-corrected chi connectivity index (χ1v) is 6.66. The zero-order chi connectivity index (χ0) is 14.8. The molecule has 0 amide bonds. The number of carbonyl (C=O) groups is 1. The molecule has 0 saturated heterocycles. The number of aromatic carboxylic acids is 1. The molecule has 4 nitrogen and oxygen atoms in total. The van der Waals surface area contributed by atoms with Crippen LogP contribution in [0.2, 0.25) is 5.02 Å². The highest BCUT2D eigenvalue weighted by molar-refractivity contribution is 6.33. The molecule has 0 aliphatic carbocycles. The van der Waals surface area contributed by atoms with E-state index in [4.69, 9.17) is 11.6 Å². The van der Waals surface area contributed by atoms with Crippen molar-refractivity contribution in [2.24, 2.45) is 0 Å². The summed E-state index contributed by atoms with van der Waals surface area (Å²) in [5.41, 5.74) is 1.80. The number of benzene rings is 2. The number of nitrogens with zero attached hydrogens (tertiary/aromatic N) is 2. The van der Waals surface area contributed by atoms with Gasteiger partial charge in [0.15, 0.2) is 0 Å². The summed E-state index contributed by atoms with van der Waals surface area (Å²) in [4.78, 5) is 11.3. The Kier molecular flexibility index (Phi) is 3.46. The number of carbonyl (C=O) groups excluding carboxylic acids is 1. The first kappa shape index (κ1) is 13.4. The van der Waals surface area contributed by atoms with E-state index in [2.05, 4.69) is 5.10 Å². The average Bonchev–Trinajstić information content (AvgIpc) is 2.94. The lowest BCUT2D eigenvalue weighted by atomic mass is 10.1. The second-order valence-corrected chi connectivity index (χ2v) is 4.84. The van der Waals surface area contributed by atoms with E-state index in [1.165, 1.54) is 10.7 Å². The van der Waals surface area contributed by atoms with Crippen molar-refractivity contribution in [3.05, 3.63) is 71.4 Å². The van der Waals surface area contributed by atoms with Gasteiger partial charge in [-0.3, -0.25) is 0 Å². The fourth-order valence-corrected chi connectivity index (χ4v) is 2.33. The van der Waals surface area contributed by atoms with Crippen LogP contribution in [0.15, 0.2) is 60.7 Å². The van der Waals surface area contributed by atoms with Gasteiger partial charge in [-0.2, -0.15) is 5.10 Å². The van der Waals surface area contributed by atoms with E-state index in [1.54, 1.807) is 30.3 Å². The van der Waals surface area contributed by atoms with Gasteiger partial charge in [0.1, 0.15) is 0 Å². The van der Waals surface area contributed by atoms with Crippen LogP contribution >= 0.6 is 11.6 Å². The van der Waals surface area contributed by atoms with E-state index in [9.17, 15) is 9.90 Å². The molecule has 0 saturated carbocycles. The first-order valence-electron chi connectivity index (χ1n) is 6.28. The Balaban J connectivity index is 2.18. The van der Waals surface area contributed by atoms with Gasteiger partial charge in [-0.25, -0.2) is 4.68 Å². The third-order valence-corrected chi connectivity index (χ3v) is 3.40. The molecule has 21 heavy (non-hydrogen) atoms. The SMILES string of the molecule is O=C([O-])c1cc(-c2ccccc2Cl)nn1-c1ccccc1. The summed E-state index contributed by atoms with van der Waals surface area (Å²) >= 11 is 6.13. The maximum Gasteiger partial charge on any atom is 0.0949 e. The molecule has 5 heteroatoms. The lowest BCUT2D eigenvalue weighted by molar-refractivity contribution is -0.255. The Morgan fingerprint density at radius 2 is 1.71 bits per heavy atom. The second kappa shape index (κ2) is 5.42. The third-order valence-electron chi connectivity index (χ3n) is 3.07. The number of carboxylic acids is 1. The second-order valence-electron chi connectivity index (χ2n) is 4.43. The largest absolute Gasteiger partial charge is 0.543 e. The summed E-state index contributed by atoms with van der Waals surface area (Å²) in [6, 6.07) is 17.6. The van der Waals surface area contributed by atoms with Crippen LogP contribution in [0.5, 0.6) is 0 Å². The fraction of sp³-hybridized carbons (Fsp3) is 0. The van der Waals surface area contributed by atoms with Crippen LogP contribution < -0.4 is 5.11 Å². The summed E-state index contributed by atoms with van der Waals surface area (Å²) < 4.78 is 1.34. The highest BCUT2D eigenvalue weighted by Gasteiger charge is 2.13. The lowest BCUT2D eigenvalue weighted by Crippen LogP contribution is -2.25. The summed E-state index contributed by atoms with van der Waals surface area (Å²) in [7, 11) is 0. The number of carboxylic acid groups (broad SMARTS) is 1. The highest BCUT2D eigenvalue weighted by atomic mass is 35.5. The van der Waals surface area contributed by atoms with E-state index in [0.717, 1.165) is 0 Å². The Hall–Kier alpha value is -2.59. The summed E-state index contributed by atoms with van der Waals surface area (Å²) in [5, 5.41) is 16.2. The molecular formula is C16H10ClN2O2-. The van der Waals surface area contributed by atoms with Crippen LogP contribution in [-0.4, -0.2) is 15.7 Å². The first-order chi connectivity index (χ1) is 10.2. The molecule has 2 aromatic carbocycles. The van der Waals surface area contributed by atoms with Gasteiger partial charge in [0.2, 0.25) is 0 Å². The van der Waals surface area contributed by atoms with Crippen LogP contribution in [0, 0.1) is 0 Å². The van der Waals surface area contributed by atoms with Crippen LogP contribution in [0.4, 0.5) is 0 Å². The molecule has 1 heterocycles. The van der Waals surface area contributed by atoms with Crippen molar-refractivity contribution in [1.82, 2.24) is 9.78 Å². The minimum Gasteiger partial charge on any atom is -0.543 e. The monoisotopic (exact) mass is 297 g/mol. The van der Waals surface area contributed by atoms with Gasteiger partial charge in [0.25, 0.3) is 0 Å². The molecule has 0 unspecified atom stereocenters. The van der Waals surface area contributed by atoms with E-state index >= 15 is 0 Å². The van der Waals surface area contributed by atoms with Crippen LogP contribution in [0.25, 0.3) is 16.9 Å². The summed E-state index contributed by atoms with van der Waals surface area (Å²) in [6.45, 7) is 0. The molecule has 0 fully saturated rings. The maximum atomic E-state index is 11.3. The molecule has 104 valence electrons. The van der Waals surface area contributed by atoms with Crippen LogP contribution in [0.3, 0.4) is 0 Å². The number of hydrogen-bond donors (Lipinski definition) is 0. The van der Waals surface area contributed by atoms with E-state index < -0.39 is 5.97 Å². The molecule has 1 aromatic heterocycles. The van der Waals surface area contributed by atoms with E-state index in [0.29, 0.717) is 22.0 Å². The van der Waals surface area contributed by atoms with E-state index in [1.807, 2.05) is 24.3 Å². The predicted octanol–water partition coefficient (Wildman–Crippen LogP) is 2.56. The number of halogens is 1. The molecule has 0 aliphatic heterocycles. The fourth-order valence-electron chi connectivity index (χ4n) is 2.09. The van der Waals surface area contributed by atoms with Crippen molar-refractivity contribution in [2.45, 2.75) is 0 Å². The van der Waals surface area contributed by atoms with Crippen molar-refractivity contribution < 1.29 is 9.90 Å². The van der Waals surface area contributed by atoms with Crippen molar-refractivity contribution in [1.29, 1.82) is 0 Å². The van der Waals surface area contributed by atoms with Crippen LogP contribution in [0.1, 0.15) is 10.5 Å². The number of rotatable bonds is 3. The van der Waals surface area contributed by atoms with Gasteiger partial charge in [-0.1, -0.05) is 48.0 Å². The molecular weight excluding hydrogens is 288 g/mol. The standard InChI is InChI=1S/C16H11ClN2O2/c17-13-9-5-4-8-12(13)14-10-15(16(20)21)19(18-14)11-6-2-1-3-7-11/h1-10H,(H,20,21)/p-1. The topological polar surface area (TPSA) is 57.9 Å². The summed E-state index contributed by atoms with van der Waals surface area (Å²) in [6.07, 6.45) is 0. The van der Waals surface area contributed by atoms with Crippen molar-refractivity contribution >= 4 is 17.6 Å². The number of aromatic nitrogens is 2. The molecule has 0 N–H and O–H groups in total. The van der Waals surface area contributed by atoms with Gasteiger partial charge in [0, 0.05) is 5.56 Å². The van der Waals surface area contributed by atoms with Crippen LogP contribution in [-0.2, 0) is 0 Å². The Labute approximate surface area is 126 Å². The molecule has 0 bridgehead atoms. The zero-order valence-electron chi connectivity index (χ0n) is 10.9. The zero-order valence-corrected chi connectivity index (χ0v) is 11.6. The minimum absolute atomic E-state index is 0.0175. The average molecular weight is 298 g/mol. The molecule has 3 rings (SSSR count). The normalized spacial score (nSPS) is 10.5. The summed E-state index contributed by atoms with van der Waals surface area (Å²) in [5.74, 6) is -1.29. The lowest BCUT2D eigenvalue weighted by Gasteiger charge is -2.07. The van der Waals surface area contributed by atoms with Crippen molar-refractivity contribution in [2.75, 3.05) is 0 Å². The third kappa shape index (κ3) is 2.53. The minimum atomic E-state index is -1.29. The van der Waals surface area contributed by atoms with Crippen molar-refractivity contribution in [3.63, 3.8) is 0 Å². The molecule has 0 spiro atoms. The predicted molar refractivity (Wildman–Crippen MR) is 78.3 cm³/mol. The molecule has 0 atom stereocenters. The smallest absolute Gasteiger partial charge is 0.0949 e. The van der Waals surface area contributed by atoms with Gasteiger partial charge in [-0.05, 0) is 24.3 Å². The number of hydrogen-bond acceptors (Lipinski definition) is 3.